The second kappa shape index (κ2) is 9.13. The van der Waals surface area contributed by atoms with Crippen LogP contribution in [-0.2, 0) is 9.53 Å². The first-order valence-corrected chi connectivity index (χ1v) is 10.9. The molecule has 0 bridgehead atoms. The van der Waals surface area contributed by atoms with Crippen LogP contribution in [0, 0.1) is 23.2 Å². The van der Waals surface area contributed by atoms with Gasteiger partial charge in [0, 0.05) is 18.5 Å². The van der Waals surface area contributed by atoms with Crippen LogP contribution in [0.2, 0.25) is 0 Å². The Morgan fingerprint density at radius 2 is 1.86 bits per heavy atom. The van der Waals surface area contributed by atoms with Crippen LogP contribution >= 0.6 is 0 Å². The molecule has 2 unspecified atom stereocenters. The fourth-order valence-electron chi connectivity index (χ4n) is 4.36. The van der Waals surface area contributed by atoms with E-state index >= 15 is 0 Å². The van der Waals surface area contributed by atoms with Crippen LogP contribution in [0.1, 0.15) is 77.3 Å². The van der Waals surface area contributed by atoms with Crippen molar-refractivity contribution in [1.29, 1.82) is 5.26 Å². The normalized spacial score (nSPS) is 27.2. The van der Waals surface area contributed by atoms with Crippen LogP contribution in [0.4, 0.5) is 0 Å². The first-order chi connectivity index (χ1) is 13.7. The number of hydrogen-bond donors (Lipinski definition) is 1. The van der Waals surface area contributed by atoms with E-state index in [2.05, 4.69) is 24.4 Å². The Morgan fingerprint density at radius 3 is 2.45 bits per heavy atom. The highest BCUT2D eigenvalue weighted by molar-refractivity contribution is 5.70. The Labute approximate surface area is 175 Å². The molecule has 156 valence electrons. The maximum atomic E-state index is 12.0. The molecule has 1 aromatic rings. The predicted molar refractivity (Wildman–Crippen MR) is 116 cm³/mol. The van der Waals surface area contributed by atoms with Crippen LogP contribution in [0.3, 0.4) is 0 Å². The fourth-order valence-corrected chi connectivity index (χ4v) is 4.36. The van der Waals surface area contributed by atoms with Crippen LogP contribution < -0.4 is 5.32 Å². The molecule has 2 aliphatic rings. The third-order valence-electron chi connectivity index (χ3n) is 5.98. The average Bonchev–Trinajstić information content (AvgIpc) is 3.42. The van der Waals surface area contributed by atoms with Crippen molar-refractivity contribution in [2.75, 3.05) is 0 Å². The van der Waals surface area contributed by atoms with E-state index in [-0.39, 0.29) is 11.6 Å². The van der Waals surface area contributed by atoms with Crippen molar-refractivity contribution >= 4 is 12.0 Å². The van der Waals surface area contributed by atoms with E-state index < -0.39 is 0 Å². The lowest BCUT2D eigenvalue weighted by molar-refractivity contribution is -0.156. The van der Waals surface area contributed by atoms with E-state index in [1.54, 1.807) is 0 Å². The zero-order valence-corrected chi connectivity index (χ0v) is 18.2. The van der Waals surface area contributed by atoms with Gasteiger partial charge in [-0.15, -0.1) is 0 Å². The number of nitrogens with zero attached hydrogens (tertiary/aromatic N) is 1. The molecule has 0 saturated heterocycles. The summed E-state index contributed by atoms with van der Waals surface area (Å²) in [6, 6.07) is 11.1. The summed E-state index contributed by atoms with van der Waals surface area (Å²) in [7, 11) is 0. The maximum absolute atomic E-state index is 12.0. The molecule has 0 heterocycles. The molecule has 4 nitrogen and oxygen atoms in total. The van der Waals surface area contributed by atoms with E-state index in [1.165, 1.54) is 12.0 Å². The monoisotopic (exact) mass is 394 g/mol. The Balaban J connectivity index is 1.40. The van der Waals surface area contributed by atoms with Crippen LogP contribution in [-0.4, -0.2) is 23.7 Å². The summed E-state index contributed by atoms with van der Waals surface area (Å²) in [6.07, 6.45) is 8.51. The molecule has 2 atom stereocenters. The van der Waals surface area contributed by atoms with Gasteiger partial charge in [0.15, 0.2) is 0 Å². The molecule has 0 radical (unpaired) electrons. The van der Waals surface area contributed by atoms with Gasteiger partial charge < -0.3 is 10.1 Å². The molecule has 29 heavy (non-hydrogen) atoms. The largest absolute Gasteiger partial charge is 0.460 e. The molecular weight excluding hydrogens is 360 g/mol. The molecule has 2 fully saturated rings. The summed E-state index contributed by atoms with van der Waals surface area (Å²) in [4.78, 5) is 12.0. The zero-order valence-electron chi connectivity index (χ0n) is 18.2. The van der Waals surface area contributed by atoms with E-state index in [0.29, 0.717) is 35.9 Å². The van der Waals surface area contributed by atoms with Gasteiger partial charge >= 0.3 is 5.97 Å². The molecule has 0 aromatic heterocycles. The SMILES string of the molecule is CC(=Cc1ccc(C#N)cc1)C1CC1NC1CCC(CC(=O)OC(C)(C)C)CC1. The summed E-state index contributed by atoms with van der Waals surface area (Å²) in [5, 5.41) is 12.7. The number of nitrogens with one attached hydrogen (secondary N) is 1. The second-order valence-corrected chi connectivity index (χ2v) is 9.75. The Bertz CT molecular complexity index is 775. The van der Waals surface area contributed by atoms with Crippen molar-refractivity contribution < 1.29 is 9.53 Å². The number of nitriles is 1. The molecule has 1 aromatic carbocycles. The molecule has 3 rings (SSSR count). The lowest BCUT2D eigenvalue weighted by Gasteiger charge is -2.30. The van der Waals surface area contributed by atoms with Gasteiger partial charge in [0.2, 0.25) is 0 Å². The lowest BCUT2D eigenvalue weighted by atomic mass is 9.84. The van der Waals surface area contributed by atoms with Crippen molar-refractivity contribution in [2.45, 2.75) is 83.9 Å². The number of carbonyl (C=O) groups excluding carboxylic acids is 1. The van der Waals surface area contributed by atoms with Crippen molar-refractivity contribution in [3.05, 3.63) is 41.0 Å². The van der Waals surface area contributed by atoms with Crippen molar-refractivity contribution in [1.82, 2.24) is 5.32 Å². The topological polar surface area (TPSA) is 62.1 Å². The maximum Gasteiger partial charge on any atom is 0.306 e. The number of carbonyl (C=O) groups is 1. The van der Waals surface area contributed by atoms with E-state index in [9.17, 15) is 4.79 Å². The first-order valence-electron chi connectivity index (χ1n) is 10.9. The molecular formula is C25H34N2O2. The Morgan fingerprint density at radius 1 is 1.21 bits per heavy atom. The average molecular weight is 395 g/mol. The molecule has 0 aliphatic heterocycles. The quantitative estimate of drug-likeness (QED) is 0.671. The number of benzene rings is 1. The predicted octanol–water partition coefficient (Wildman–Crippen LogP) is 5.23. The summed E-state index contributed by atoms with van der Waals surface area (Å²) >= 11 is 0. The van der Waals surface area contributed by atoms with Gasteiger partial charge in [-0.2, -0.15) is 5.26 Å². The van der Waals surface area contributed by atoms with Crippen LogP contribution in [0.15, 0.2) is 29.8 Å². The second-order valence-electron chi connectivity index (χ2n) is 9.75. The van der Waals surface area contributed by atoms with Crippen LogP contribution in [0.25, 0.3) is 6.08 Å². The summed E-state index contributed by atoms with van der Waals surface area (Å²) in [6.45, 7) is 7.99. The Kier molecular flexibility index (Phi) is 6.80. The summed E-state index contributed by atoms with van der Waals surface area (Å²) < 4.78 is 5.47. The van der Waals surface area contributed by atoms with Gasteiger partial charge in [0.05, 0.1) is 11.6 Å². The molecule has 0 amide bonds. The number of rotatable bonds is 6. The van der Waals surface area contributed by atoms with Gasteiger partial charge in [-0.1, -0.05) is 23.8 Å². The molecule has 0 spiro atoms. The number of hydrogen-bond acceptors (Lipinski definition) is 4. The van der Waals surface area contributed by atoms with Gasteiger partial charge in [0.25, 0.3) is 0 Å². The third-order valence-corrected chi connectivity index (χ3v) is 5.98. The number of esters is 1. The highest BCUT2D eigenvalue weighted by Gasteiger charge is 2.39. The molecule has 2 saturated carbocycles. The van der Waals surface area contributed by atoms with E-state index in [1.807, 2.05) is 45.0 Å². The van der Waals surface area contributed by atoms with Gasteiger partial charge in [-0.25, -0.2) is 0 Å². The van der Waals surface area contributed by atoms with Crippen LogP contribution in [0.5, 0.6) is 0 Å². The molecule has 4 heteroatoms. The van der Waals surface area contributed by atoms with Gasteiger partial charge in [-0.3, -0.25) is 4.79 Å². The summed E-state index contributed by atoms with van der Waals surface area (Å²) in [5.41, 5.74) is 2.88. The smallest absolute Gasteiger partial charge is 0.306 e. The van der Waals surface area contributed by atoms with Crippen molar-refractivity contribution in [2.24, 2.45) is 11.8 Å². The van der Waals surface area contributed by atoms with Gasteiger partial charge in [-0.05, 0) is 89.3 Å². The number of ether oxygens (including phenoxy) is 1. The minimum Gasteiger partial charge on any atom is -0.460 e. The minimum absolute atomic E-state index is 0.0558. The van der Waals surface area contributed by atoms with Crippen molar-refractivity contribution in [3.63, 3.8) is 0 Å². The molecule has 2 aliphatic carbocycles. The highest BCUT2D eigenvalue weighted by Crippen LogP contribution is 2.39. The highest BCUT2D eigenvalue weighted by atomic mass is 16.6. The first kappa shape index (κ1) is 21.6. The van der Waals surface area contributed by atoms with Gasteiger partial charge in [0.1, 0.15) is 5.60 Å². The van der Waals surface area contributed by atoms with E-state index in [0.717, 1.165) is 31.2 Å². The summed E-state index contributed by atoms with van der Waals surface area (Å²) in [5.74, 6) is 1.03. The standard InChI is InChI=1S/C25H34N2O2/c1-17(13-18-5-7-20(16-26)8-6-18)22-15-23(22)27-21-11-9-19(10-12-21)14-24(28)29-25(2,3)4/h5-8,13,19,21-23,27H,9-12,14-15H2,1-4H3. The zero-order chi connectivity index (χ0) is 21.0. The third kappa shape index (κ3) is 6.72. The minimum atomic E-state index is -0.389. The molecule has 1 N–H and O–H groups in total. The van der Waals surface area contributed by atoms with E-state index in [4.69, 9.17) is 10.00 Å². The van der Waals surface area contributed by atoms with Crippen molar-refractivity contribution in [3.8, 4) is 6.07 Å². The lowest BCUT2D eigenvalue weighted by Crippen LogP contribution is -2.36. The fraction of sp³-hybridized carbons (Fsp3) is 0.600. The Hall–Kier alpha value is -2.12.